The quantitative estimate of drug-likeness (QED) is 0.440. The molecule has 0 spiro atoms. The molecule has 0 N–H and O–H groups in total. The van der Waals surface area contributed by atoms with Crippen molar-refractivity contribution in [2.24, 2.45) is 0 Å². The lowest BCUT2D eigenvalue weighted by Crippen LogP contribution is -2.04. The smallest absolute Gasteiger partial charge is 0.207 e. The first-order valence-corrected chi connectivity index (χ1v) is 4.91. The number of rotatable bonds is 2. The molecule has 0 saturated carbocycles. The van der Waals surface area contributed by atoms with Gasteiger partial charge < -0.3 is 0 Å². The Morgan fingerprint density at radius 1 is 1.07 bits per heavy atom. The Balaban J connectivity index is 3.27. The van der Waals surface area contributed by atoms with Crippen molar-refractivity contribution in [3.05, 3.63) is 35.1 Å². The molecule has 1 aromatic carbocycles. The molecule has 0 aromatic heterocycles. The van der Waals surface area contributed by atoms with Crippen LogP contribution in [0.2, 0.25) is 0 Å². The van der Waals surface area contributed by atoms with Gasteiger partial charge in [-0.25, -0.2) is 13.2 Å². The third-order valence-electron chi connectivity index (χ3n) is 1.46. The summed E-state index contributed by atoms with van der Waals surface area (Å²) in [6.07, 6.45) is 0. The van der Waals surface area contributed by atoms with E-state index in [1.807, 2.05) is 0 Å². The summed E-state index contributed by atoms with van der Waals surface area (Å²) >= 11 is 0. The fourth-order valence-electron chi connectivity index (χ4n) is 0.874. The minimum Gasteiger partial charge on any atom is -0.207 e. The van der Waals surface area contributed by atoms with Crippen LogP contribution in [0.5, 0.6) is 0 Å². The second kappa shape index (κ2) is 3.56. The van der Waals surface area contributed by atoms with Crippen LogP contribution in [0.25, 0.3) is 0 Å². The van der Waals surface area contributed by atoms with Crippen molar-refractivity contribution in [1.82, 2.24) is 0 Å². The summed E-state index contributed by atoms with van der Waals surface area (Å²) in [7, 11) is -5.09. The van der Waals surface area contributed by atoms with Crippen molar-refractivity contribution in [2.75, 3.05) is 0 Å². The lowest BCUT2D eigenvalue weighted by molar-refractivity contribution is 0.481. The van der Waals surface area contributed by atoms with Gasteiger partial charge in [-0.05, 0) is 12.1 Å². The summed E-state index contributed by atoms with van der Waals surface area (Å²) in [5.41, 5.74) is -1.13. The second-order valence-electron chi connectivity index (χ2n) is 2.50. The summed E-state index contributed by atoms with van der Waals surface area (Å²) in [5.74, 6) is -5.93. The molecule has 0 aliphatic carbocycles. The topological polar surface area (TPSA) is 34.1 Å². The zero-order valence-corrected chi connectivity index (χ0v) is 7.41. The molecule has 0 unspecified atom stereocenters. The Kier molecular flexibility index (Phi) is 2.79. The molecule has 0 aliphatic heterocycles. The van der Waals surface area contributed by atoms with Gasteiger partial charge in [0.2, 0.25) is 0 Å². The largest absolute Gasteiger partial charge is 0.306 e. The molecule has 0 radical (unpaired) electrons. The van der Waals surface area contributed by atoms with Crippen molar-refractivity contribution in [1.29, 1.82) is 0 Å². The summed E-state index contributed by atoms with van der Waals surface area (Å²) in [5, 5.41) is 0. The predicted octanol–water partition coefficient (Wildman–Crippen LogP) is 1.90. The monoisotopic (exact) mass is 228 g/mol. The highest BCUT2D eigenvalue weighted by molar-refractivity contribution is 7.85. The number of halogens is 4. The van der Waals surface area contributed by atoms with E-state index in [4.69, 9.17) is 0 Å². The normalized spacial score (nSPS) is 11.7. The SMILES string of the molecule is O=S(=O)(F)Cc1c(F)ccc(F)c1F. The summed E-state index contributed by atoms with van der Waals surface area (Å²) in [4.78, 5) is 0. The van der Waals surface area contributed by atoms with Crippen molar-refractivity contribution < 1.29 is 25.5 Å². The molecule has 1 rings (SSSR count). The minimum atomic E-state index is -5.09. The first-order valence-electron chi connectivity index (χ1n) is 3.36. The molecular formula is C7H4F4O2S. The maximum absolute atomic E-state index is 12.7. The Labute approximate surface area is 77.4 Å². The highest BCUT2D eigenvalue weighted by Crippen LogP contribution is 2.18. The van der Waals surface area contributed by atoms with Gasteiger partial charge in [-0.15, -0.1) is 3.89 Å². The van der Waals surface area contributed by atoms with Crippen molar-refractivity contribution in [2.45, 2.75) is 5.75 Å². The van der Waals surface area contributed by atoms with E-state index >= 15 is 0 Å². The number of hydrogen-bond donors (Lipinski definition) is 0. The first-order chi connectivity index (χ1) is 6.31. The van der Waals surface area contributed by atoms with Gasteiger partial charge in [-0.2, -0.15) is 8.42 Å². The molecule has 0 saturated heterocycles. The Bertz CT molecular complexity index is 455. The van der Waals surface area contributed by atoms with Crippen LogP contribution in [0.15, 0.2) is 12.1 Å². The summed E-state index contributed by atoms with van der Waals surface area (Å²) in [6.45, 7) is 0. The molecule has 0 fully saturated rings. The van der Waals surface area contributed by atoms with Crippen LogP contribution in [0.3, 0.4) is 0 Å². The highest BCUT2D eigenvalue weighted by Gasteiger charge is 2.19. The van der Waals surface area contributed by atoms with E-state index in [2.05, 4.69) is 0 Å². The van der Waals surface area contributed by atoms with E-state index in [0.717, 1.165) is 0 Å². The van der Waals surface area contributed by atoms with Gasteiger partial charge in [0, 0.05) is 5.56 Å². The fraction of sp³-hybridized carbons (Fsp3) is 0.143. The van der Waals surface area contributed by atoms with E-state index in [-0.39, 0.29) is 0 Å². The maximum atomic E-state index is 12.7. The molecule has 14 heavy (non-hydrogen) atoms. The lowest BCUT2D eigenvalue weighted by atomic mass is 10.2. The van der Waals surface area contributed by atoms with Gasteiger partial charge in [0.05, 0.1) is 0 Å². The van der Waals surface area contributed by atoms with Crippen LogP contribution in [-0.2, 0) is 16.0 Å². The third kappa shape index (κ3) is 2.44. The second-order valence-corrected chi connectivity index (χ2v) is 3.87. The van der Waals surface area contributed by atoms with E-state index < -0.39 is 39.0 Å². The van der Waals surface area contributed by atoms with Gasteiger partial charge in [-0.3, -0.25) is 0 Å². The van der Waals surface area contributed by atoms with Crippen LogP contribution in [0, 0.1) is 17.5 Å². The number of hydrogen-bond acceptors (Lipinski definition) is 2. The minimum absolute atomic E-state index is 0.485. The molecule has 0 heterocycles. The molecule has 2 nitrogen and oxygen atoms in total. The molecule has 0 bridgehead atoms. The van der Waals surface area contributed by atoms with Crippen LogP contribution in [0.4, 0.5) is 17.1 Å². The van der Waals surface area contributed by atoms with E-state index in [1.54, 1.807) is 0 Å². The average Bonchev–Trinajstić information content (AvgIpc) is 2.04. The van der Waals surface area contributed by atoms with Gasteiger partial charge in [-0.1, -0.05) is 0 Å². The van der Waals surface area contributed by atoms with Crippen LogP contribution in [-0.4, -0.2) is 8.42 Å². The Morgan fingerprint density at radius 2 is 1.57 bits per heavy atom. The number of benzene rings is 1. The van der Waals surface area contributed by atoms with Gasteiger partial charge in [0.15, 0.2) is 11.6 Å². The van der Waals surface area contributed by atoms with Gasteiger partial charge in [0.25, 0.3) is 0 Å². The molecule has 1 aromatic rings. The molecule has 0 atom stereocenters. The zero-order chi connectivity index (χ0) is 10.9. The third-order valence-corrected chi connectivity index (χ3v) is 2.09. The maximum Gasteiger partial charge on any atom is 0.306 e. The molecule has 78 valence electrons. The average molecular weight is 228 g/mol. The van der Waals surface area contributed by atoms with E-state index in [0.29, 0.717) is 12.1 Å². The molecule has 0 aliphatic rings. The van der Waals surface area contributed by atoms with Crippen molar-refractivity contribution in [3.63, 3.8) is 0 Å². The van der Waals surface area contributed by atoms with Crippen LogP contribution < -0.4 is 0 Å². The fourth-order valence-corrected chi connectivity index (χ4v) is 1.48. The van der Waals surface area contributed by atoms with Crippen molar-refractivity contribution in [3.8, 4) is 0 Å². The van der Waals surface area contributed by atoms with Crippen LogP contribution >= 0.6 is 0 Å². The molecule has 7 heteroatoms. The standard InChI is InChI=1S/C7H4F4O2S/c8-5-1-2-6(9)7(10)4(5)3-14(11,12)13/h1-2H,3H2. The van der Waals surface area contributed by atoms with E-state index in [1.165, 1.54) is 0 Å². The molecule has 0 amide bonds. The van der Waals surface area contributed by atoms with E-state index in [9.17, 15) is 25.5 Å². The predicted molar refractivity (Wildman–Crippen MR) is 40.0 cm³/mol. The van der Waals surface area contributed by atoms with Gasteiger partial charge >= 0.3 is 10.2 Å². The Morgan fingerprint density at radius 3 is 2.07 bits per heavy atom. The summed E-state index contributed by atoms with van der Waals surface area (Å²) in [6, 6.07) is 1.01. The zero-order valence-electron chi connectivity index (χ0n) is 6.60. The highest BCUT2D eigenvalue weighted by atomic mass is 32.3. The van der Waals surface area contributed by atoms with Crippen molar-refractivity contribution >= 4 is 10.2 Å². The lowest BCUT2D eigenvalue weighted by Gasteiger charge is -2.02. The van der Waals surface area contributed by atoms with Crippen LogP contribution in [0.1, 0.15) is 5.56 Å². The Hall–Kier alpha value is -1.11. The summed E-state index contributed by atoms with van der Waals surface area (Å²) < 4.78 is 70.2. The molecular weight excluding hydrogens is 224 g/mol. The first kappa shape index (κ1) is 11.0. The van der Waals surface area contributed by atoms with Gasteiger partial charge in [0.1, 0.15) is 11.6 Å².